The Kier molecular flexibility index (Phi) is 17.2. The van der Waals surface area contributed by atoms with Gasteiger partial charge in [-0.25, -0.2) is 15.0 Å². The van der Waals surface area contributed by atoms with Gasteiger partial charge in [-0.05, 0) is 124 Å². The molecule has 6 aromatic heterocycles. The molecule has 0 radical (unpaired) electrons. The van der Waals surface area contributed by atoms with E-state index in [1.54, 1.807) is 0 Å². The minimum atomic E-state index is -0.0581. The topological polar surface area (TPSA) is 103 Å². The van der Waals surface area contributed by atoms with E-state index in [-0.39, 0.29) is 16.7 Å². The van der Waals surface area contributed by atoms with Crippen LogP contribution in [0.4, 0.5) is 0 Å². The van der Waals surface area contributed by atoms with Gasteiger partial charge in [0.05, 0.1) is 33.1 Å². The molecule has 25 aromatic rings. The monoisotopic (exact) mass is 1570 g/mol. The fourth-order valence-corrected chi connectivity index (χ4v) is 19.0. The first-order valence-corrected chi connectivity index (χ1v) is 41.4. The SMILES string of the molecule is O=c1c2ccc(-c3ccccc3)c3cccc(c32)c2nc3c(-c4ccccc4)cc(-c4ccccc4)c(-c4ccccc4)c3n12.O=c1c2ccc(-c3ccccc3)c3cccc(c32)c2nc3c(-c4ccccc4)ccc(-c4ccccc4)c3n12.O=c1c2cccc3c(-c4ccccc4)ccc(c32)c2nc3c(-c4ccccc4)ccc(-c4ccccc4)c3n12. The molecule has 0 atom stereocenters. The van der Waals surface area contributed by atoms with Crippen LogP contribution in [0.1, 0.15) is 0 Å². The predicted molar refractivity (Wildman–Crippen MR) is 510 cm³/mol. The van der Waals surface area contributed by atoms with Crippen molar-refractivity contribution in [1.82, 2.24) is 28.2 Å². The summed E-state index contributed by atoms with van der Waals surface area (Å²) < 4.78 is 5.54. The molecule has 0 amide bonds. The summed E-state index contributed by atoms with van der Waals surface area (Å²) in [6.07, 6.45) is 0. The van der Waals surface area contributed by atoms with E-state index in [4.69, 9.17) is 15.0 Å². The number of hydrogen-bond donors (Lipinski definition) is 0. The highest BCUT2D eigenvalue weighted by molar-refractivity contribution is 6.24. The van der Waals surface area contributed by atoms with Gasteiger partial charge >= 0.3 is 0 Å². The summed E-state index contributed by atoms with van der Waals surface area (Å²) >= 11 is 0. The van der Waals surface area contributed by atoms with E-state index in [0.29, 0.717) is 33.1 Å². The Bertz CT molecular complexity index is 8350. The van der Waals surface area contributed by atoms with Crippen molar-refractivity contribution in [3.05, 3.63) is 456 Å². The number of fused-ring (bicyclic) bond motifs is 12. The van der Waals surface area contributed by atoms with Gasteiger partial charge in [0.2, 0.25) is 0 Å². The van der Waals surface area contributed by atoms with Crippen molar-refractivity contribution >= 4 is 115 Å². The maximum absolute atomic E-state index is 14.8. The maximum atomic E-state index is 14.8. The van der Waals surface area contributed by atoms with Crippen LogP contribution in [-0.2, 0) is 0 Å². The Hall–Kier alpha value is -16.6. The van der Waals surface area contributed by atoms with Gasteiger partial charge in [-0.2, -0.15) is 0 Å². The molecule has 9 nitrogen and oxygen atoms in total. The zero-order valence-corrected chi connectivity index (χ0v) is 66.3. The number of rotatable bonds is 10. The second kappa shape index (κ2) is 29.5. The zero-order valence-electron chi connectivity index (χ0n) is 66.3. The van der Waals surface area contributed by atoms with E-state index in [9.17, 15) is 14.4 Å². The van der Waals surface area contributed by atoms with Crippen molar-refractivity contribution < 1.29 is 0 Å². The highest BCUT2D eigenvalue weighted by Gasteiger charge is 2.29. The molecular formula is C114H70N6O3. The van der Waals surface area contributed by atoms with Gasteiger partial charge in [-0.15, -0.1) is 0 Å². The number of hydrogen-bond acceptors (Lipinski definition) is 6. The lowest BCUT2D eigenvalue weighted by molar-refractivity contribution is 1.19. The lowest BCUT2D eigenvalue weighted by Gasteiger charge is -2.16. The average Bonchev–Trinajstić information content (AvgIpc) is 1.59. The highest BCUT2D eigenvalue weighted by atomic mass is 16.1. The summed E-state index contributed by atoms with van der Waals surface area (Å²) in [6.45, 7) is 0. The Morgan fingerprint density at radius 2 is 0.382 bits per heavy atom. The molecule has 25 rings (SSSR count). The minimum absolute atomic E-state index is 0.0433. The zero-order chi connectivity index (χ0) is 81.8. The van der Waals surface area contributed by atoms with Crippen LogP contribution in [0.25, 0.3) is 226 Å². The third-order valence-electron chi connectivity index (χ3n) is 24.5. The van der Waals surface area contributed by atoms with E-state index in [0.717, 1.165) is 193 Å². The van der Waals surface area contributed by atoms with Gasteiger partial charge in [-0.1, -0.05) is 394 Å². The Morgan fingerprint density at radius 3 is 0.715 bits per heavy atom. The van der Waals surface area contributed by atoms with E-state index >= 15 is 0 Å². The lowest BCUT2D eigenvalue weighted by Crippen LogP contribution is -2.14. The number of benzene rings is 19. The predicted octanol–water partition coefficient (Wildman–Crippen LogP) is 27.4. The van der Waals surface area contributed by atoms with Crippen molar-refractivity contribution in [2.75, 3.05) is 0 Å². The first kappa shape index (κ1) is 71.7. The normalized spacial score (nSPS) is 11.7. The van der Waals surface area contributed by atoms with Crippen molar-refractivity contribution in [2.45, 2.75) is 0 Å². The number of imidazole rings is 3. The molecule has 574 valence electrons. The third kappa shape index (κ3) is 11.7. The summed E-state index contributed by atoms with van der Waals surface area (Å²) in [5.74, 6) is 0. The molecule has 19 aromatic carbocycles. The van der Waals surface area contributed by atoms with E-state index < -0.39 is 0 Å². The van der Waals surface area contributed by atoms with Crippen LogP contribution >= 0.6 is 0 Å². The summed E-state index contributed by atoms with van der Waals surface area (Å²) in [7, 11) is 0. The fourth-order valence-electron chi connectivity index (χ4n) is 19.0. The second-order valence-electron chi connectivity index (χ2n) is 31.3. The van der Waals surface area contributed by atoms with Gasteiger partial charge in [0.1, 0.15) is 16.9 Å². The molecular weight excluding hydrogens is 1500 g/mol. The largest absolute Gasteiger partial charge is 0.268 e. The van der Waals surface area contributed by atoms with Crippen LogP contribution in [0.2, 0.25) is 0 Å². The van der Waals surface area contributed by atoms with Crippen molar-refractivity contribution in [1.29, 1.82) is 0 Å². The molecule has 123 heavy (non-hydrogen) atoms. The second-order valence-corrected chi connectivity index (χ2v) is 31.3. The molecule has 0 bridgehead atoms. The van der Waals surface area contributed by atoms with Gasteiger partial charge in [0.25, 0.3) is 16.7 Å². The summed E-state index contributed by atoms with van der Waals surface area (Å²) in [4.78, 5) is 59.4. The number of aromatic nitrogens is 6. The first-order valence-electron chi connectivity index (χ1n) is 41.4. The van der Waals surface area contributed by atoms with E-state index in [1.807, 2.05) is 171 Å². The molecule has 0 aliphatic rings. The number of nitrogens with zero attached hydrogens (tertiary/aromatic N) is 6. The van der Waals surface area contributed by atoms with Gasteiger partial charge in [-0.3, -0.25) is 27.6 Å². The molecule has 0 saturated heterocycles. The van der Waals surface area contributed by atoms with Crippen LogP contribution in [0, 0.1) is 0 Å². The van der Waals surface area contributed by atoms with Crippen LogP contribution in [0.15, 0.2) is 439 Å². The highest BCUT2D eigenvalue weighted by Crippen LogP contribution is 2.48. The van der Waals surface area contributed by atoms with Crippen molar-refractivity contribution in [3.63, 3.8) is 0 Å². The third-order valence-corrected chi connectivity index (χ3v) is 24.5. The number of pyridine rings is 3. The summed E-state index contributed by atoms with van der Waals surface area (Å²) in [5.41, 5.74) is 28.2. The standard InChI is InChI=1S/C42H26N2O.2C36H22N2O/c45-42-34-25-24-31(27-14-5-1-6-15-27)32-22-13-23-33(38(32)34)41-43-39-36(29-18-9-3-10-19-29)26-35(28-16-7-2-8-17-28)37(40(39)44(41)42)30-20-11-4-12-21-30;39-36-31-18-10-17-29-26(23-11-4-1-5-12-23)19-22-30(32(29)31)35-37-33-27(24-13-6-2-7-14-24)20-21-28(34(33)38(35)36)25-15-8-3-9-16-25;39-36-31-22-19-26(23-11-4-1-5-12-23)29-17-10-18-30(32(29)31)35-37-33-27(24-13-6-2-7-14-24)20-21-28(34(33)38(35)36)25-15-8-3-9-16-25/h1-26H;2*1-22H. The molecule has 0 aliphatic heterocycles. The molecule has 6 heterocycles. The summed E-state index contributed by atoms with van der Waals surface area (Å²) in [5, 5.41) is 11.1. The summed E-state index contributed by atoms with van der Waals surface area (Å²) in [6, 6.07) is 145. The van der Waals surface area contributed by atoms with Gasteiger partial charge in [0, 0.05) is 81.9 Å². The van der Waals surface area contributed by atoms with E-state index in [1.165, 1.54) is 0 Å². The van der Waals surface area contributed by atoms with Crippen molar-refractivity contribution in [2.24, 2.45) is 0 Å². The molecule has 9 heteroatoms. The van der Waals surface area contributed by atoms with Crippen LogP contribution < -0.4 is 16.7 Å². The minimum Gasteiger partial charge on any atom is -0.268 e. The first-order chi connectivity index (χ1) is 60.9. The molecule has 0 spiro atoms. The van der Waals surface area contributed by atoms with Crippen molar-refractivity contribution in [3.8, 4) is 111 Å². The van der Waals surface area contributed by atoms with Gasteiger partial charge < -0.3 is 0 Å². The lowest BCUT2D eigenvalue weighted by atomic mass is 9.89. The Labute approximate surface area is 705 Å². The molecule has 0 saturated carbocycles. The van der Waals surface area contributed by atoms with Crippen LogP contribution in [0.3, 0.4) is 0 Å². The molecule has 0 aliphatic carbocycles. The van der Waals surface area contributed by atoms with Crippen LogP contribution in [-0.4, -0.2) is 28.2 Å². The fraction of sp³-hybridized carbons (Fsp3) is 0. The molecule has 0 N–H and O–H groups in total. The van der Waals surface area contributed by atoms with Crippen LogP contribution in [0.5, 0.6) is 0 Å². The Balaban J connectivity index is 0.000000107. The molecule has 0 unspecified atom stereocenters. The van der Waals surface area contributed by atoms with Gasteiger partial charge in [0.15, 0.2) is 0 Å². The average molecular weight is 1570 g/mol. The van der Waals surface area contributed by atoms with E-state index in [2.05, 4.69) is 267 Å². The molecule has 0 fully saturated rings. The maximum Gasteiger partial charge on any atom is 0.264 e. The Morgan fingerprint density at radius 1 is 0.163 bits per heavy atom. The smallest absolute Gasteiger partial charge is 0.264 e. The quantitative estimate of drug-likeness (QED) is 0.135.